The summed E-state index contributed by atoms with van der Waals surface area (Å²) >= 11 is 6.09. The van der Waals surface area contributed by atoms with E-state index in [-0.39, 0.29) is 5.91 Å². The molecule has 2 N–H and O–H groups in total. The average molecular weight is 308 g/mol. The molecule has 2 aromatic heterocycles. The highest BCUT2D eigenvalue weighted by Crippen LogP contribution is 2.19. The molecule has 2 aromatic rings. The predicted octanol–water partition coefficient (Wildman–Crippen LogP) is 1.87. The van der Waals surface area contributed by atoms with Crippen molar-refractivity contribution in [3.05, 3.63) is 40.7 Å². The maximum absolute atomic E-state index is 11.7. The second-order valence-electron chi connectivity index (χ2n) is 4.68. The van der Waals surface area contributed by atoms with Crippen molar-refractivity contribution in [3.8, 4) is 0 Å². The Bertz CT molecular complexity index is 630. The SMILES string of the molecule is Cc1nn(C)c(Cl)c1/C=C/C(=O)NCCCc1ncc[nH]1. The fraction of sp³-hybridized carbons (Fsp3) is 0.357. The molecule has 0 saturated carbocycles. The second kappa shape index (κ2) is 7.08. The Morgan fingerprint density at radius 2 is 2.38 bits per heavy atom. The van der Waals surface area contributed by atoms with Crippen LogP contribution in [0.15, 0.2) is 18.5 Å². The zero-order chi connectivity index (χ0) is 15.2. The number of nitrogens with zero attached hydrogens (tertiary/aromatic N) is 3. The number of aryl methyl sites for hydroxylation is 3. The van der Waals surface area contributed by atoms with Crippen molar-refractivity contribution in [2.24, 2.45) is 7.05 Å². The van der Waals surface area contributed by atoms with Gasteiger partial charge in [0.25, 0.3) is 0 Å². The van der Waals surface area contributed by atoms with Crippen LogP contribution in [0.3, 0.4) is 0 Å². The molecule has 0 fully saturated rings. The standard InChI is InChI=1S/C14H18ClN5O/c1-10-11(14(15)20(2)19-10)5-6-13(21)18-7-3-4-12-16-8-9-17-12/h5-6,8-9H,3-4,7H2,1-2H3,(H,16,17)(H,18,21)/b6-5+. The minimum absolute atomic E-state index is 0.145. The normalized spacial score (nSPS) is 11.2. The van der Waals surface area contributed by atoms with Gasteiger partial charge in [-0.3, -0.25) is 9.48 Å². The van der Waals surface area contributed by atoms with Gasteiger partial charge in [-0.1, -0.05) is 11.6 Å². The summed E-state index contributed by atoms with van der Waals surface area (Å²) in [6.07, 6.45) is 8.31. The monoisotopic (exact) mass is 307 g/mol. The Hall–Kier alpha value is -2.08. The van der Waals surface area contributed by atoms with Gasteiger partial charge < -0.3 is 10.3 Å². The minimum atomic E-state index is -0.145. The van der Waals surface area contributed by atoms with Crippen LogP contribution < -0.4 is 5.32 Å². The van der Waals surface area contributed by atoms with E-state index in [0.717, 1.165) is 29.9 Å². The van der Waals surface area contributed by atoms with E-state index in [1.54, 1.807) is 30.2 Å². The van der Waals surface area contributed by atoms with Crippen LogP contribution in [0, 0.1) is 6.92 Å². The van der Waals surface area contributed by atoms with Gasteiger partial charge in [0.15, 0.2) is 0 Å². The predicted molar refractivity (Wildman–Crippen MR) is 81.9 cm³/mol. The highest BCUT2D eigenvalue weighted by atomic mass is 35.5. The number of carbonyl (C=O) groups is 1. The van der Waals surface area contributed by atoms with Gasteiger partial charge >= 0.3 is 0 Å². The number of imidazole rings is 1. The average Bonchev–Trinajstić information content (AvgIpc) is 3.03. The molecule has 0 bridgehead atoms. The Kier molecular flexibility index (Phi) is 5.16. The molecule has 112 valence electrons. The van der Waals surface area contributed by atoms with Crippen molar-refractivity contribution in [1.82, 2.24) is 25.1 Å². The number of nitrogens with one attached hydrogen (secondary N) is 2. The lowest BCUT2D eigenvalue weighted by molar-refractivity contribution is -0.116. The van der Waals surface area contributed by atoms with E-state index in [1.165, 1.54) is 6.08 Å². The third-order valence-electron chi connectivity index (χ3n) is 3.04. The lowest BCUT2D eigenvalue weighted by atomic mass is 10.2. The molecule has 0 aliphatic heterocycles. The van der Waals surface area contributed by atoms with E-state index < -0.39 is 0 Å². The minimum Gasteiger partial charge on any atom is -0.353 e. The van der Waals surface area contributed by atoms with Gasteiger partial charge in [0.1, 0.15) is 11.0 Å². The van der Waals surface area contributed by atoms with Crippen LogP contribution in [0.1, 0.15) is 23.5 Å². The summed E-state index contributed by atoms with van der Waals surface area (Å²) in [4.78, 5) is 18.9. The van der Waals surface area contributed by atoms with Crippen molar-refractivity contribution in [2.75, 3.05) is 6.54 Å². The number of hydrogen-bond acceptors (Lipinski definition) is 3. The second-order valence-corrected chi connectivity index (χ2v) is 5.04. The Labute approximate surface area is 128 Å². The van der Waals surface area contributed by atoms with Gasteiger partial charge in [-0.2, -0.15) is 5.10 Å². The first-order valence-corrected chi connectivity index (χ1v) is 7.09. The Morgan fingerprint density at radius 1 is 1.57 bits per heavy atom. The molecule has 0 aliphatic rings. The summed E-state index contributed by atoms with van der Waals surface area (Å²) in [5.41, 5.74) is 1.56. The van der Waals surface area contributed by atoms with Crippen LogP contribution in [0.5, 0.6) is 0 Å². The number of amides is 1. The molecule has 1 amide bonds. The van der Waals surface area contributed by atoms with Gasteiger partial charge in [-0.05, 0) is 19.4 Å². The van der Waals surface area contributed by atoms with Crippen LogP contribution in [0.2, 0.25) is 5.15 Å². The maximum Gasteiger partial charge on any atom is 0.244 e. The molecule has 7 heteroatoms. The van der Waals surface area contributed by atoms with E-state index in [9.17, 15) is 4.79 Å². The van der Waals surface area contributed by atoms with Gasteiger partial charge in [0, 0.05) is 44.0 Å². The highest BCUT2D eigenvalue weighted by molar-refractivity contribution is 6.31. The number of halogens is 1. The van der Waals surface area contributed by atoms with E-state index in [1.807, 2.05) is 6.92 Å². The number of hydrogen-bond donors (Lipinski definition) is 2. The molecule has 0 aromatic carbocycles. The molecular weight excluding hydrogens is 290 g/mol. The molecule has 2 heterocycles. The third kappa shape index (κ3) is 4.19. The van der Waals surface area contributed by atoms with E-state index in [2.05, 4.69) is 20.4 Å². The van der Waals surface area contributed by atoms with Crippen molar-refractivity contribution < 1.29 is 4.79 Å². The fourth-order valence-corrected chi connectivity index (χ4v) is 2.19. The van der Waals surface area contributed by atoms with E-state index >= 15 is 0 Å². The number of carbonyl (C=O) groups excluding carboxylic acids is 1. The lowest BCUT2D eigenvalue weighted by Gasteiger charge is -2.00. The molecule has 0 spiro atoms. The molecule has 6 nitrogen and oxygen atoms in total. The summed E-state index contributed by atoms with van der Waals surface area (Å²) in [6, 6.07) is 0. The molecule has 21 heavy (non-hydrogen) atoms. The van der Waals surface area contributed by atoms with Crippen molar-refractivity contribution in [3.63, 3.8) is 0 Å². The molecule has 0 saturated heterocycles. The number of H-pyrrole nitrogens is 1. The Morgan fingerprint density at radius 3 is 3.00 bits per heavy atom. The molecule has 0 atom stereocenters. The number of aromatic amines is 1. The quantitative estimate of drug-likeness (QED) is 0.632. The maximum atomic E-state index is 11.7. The first kappa shape index (κ1) is 15.3. The van der Waals surface area contributed by atoms with Crippen LogP contribution in [0.4, 0.5) is 0 Å². The fourth-order valence-electron chi connectivity index (χ4n) is 1.96. The largest absolute Gasteiger partial charge is 0.353 e. The van der Waals surface area contributed by atoms with Crippen molar-refractivity contribution in [1.29, 1.82) is 0 Å². The van der Waals surface area contributed by atoms with E-state index in [0.29, 0.717) is 11.7 Å². The topological polar surface area (TPSA) is 75.6 Å². The van der Waals surface area contributed by atoms with Crippen LogP contribution in [-0.2, 0) is 18.3 Å². The zero-order valence-electron chi connectivity index (χ0n) is 12.1. The van der Waals surface area contributed by atoms with Crippen LogP contribution in [0.25, 0.3) is 6.08 Å². The van der Waals surface area contributed by atoms with Crippen LogP contribution in [-0.4, -0.2) is 32.2 Å². The van der Waals surface area contributed by atoms with Gasteiger partial charge in [0.05, 0.1) is 5.69 Å². The summed E-state index contributed by atoms with van der Waals surface area (Å²) in [6.45, 7) is 2.45. The van der Waals surface area contributed by atoms with Gasteiger partial charge in [-0.15, -0.1) is 0 Å². The first-order valence-electron chi connectivity index (χ1n) is 6.71. The van der Waals surface area contributed by atoms with E-state index in [4.69, 9.17) is 11.6 Å². The smallest absolute Gasteiger partial charge is 0.244 e. The first-order chi connectivity index (χ1) is 10.1. The summed E-state index contributed by atoms with van der Waals surface area (Å²) in [5.74, 6) is 0.784. The zero-order valence-corrected chi connectivity index (χ0v) is 12.8. The van der Waals surface area contributed by atoms with Gasteiger partial charge in [0.2, 0.25) is 5.91 Å². The van der Waals surface area contributed by atoms with Gasteiger partial charge in [-0.25, -0.2) is 4.98 Å². The lowest BCUT2D eigenvalue weighted by Crippen LogP contribution is -2.22. The molecule has 2 rings (SSSR count). The number of aromatic nitrogens is 4. The van der Waals surface area contributed by atoms with Crippen molar-refractivity contribution in [2.45, 2.75) is 19.8 Å². The summed E-state index contributed by atoms with van der Waals surface area (Å²) in [5, 5.41) is 7.53. The van der Waals surface area contributed by atoms with Crippen LogP contribution >= 0.6 is 11.6 Å². The molecule has 0 radical (unpaired) electrons. The molecular formula is C14H18ClN5O. The third-order valence-corrected chi connectivity index (χ3v) is 3.49. The highest BCUT2D eigenvalue weighted by Gasteiger charge is 2.08. The number of rotatable bonds is 6. The summed E-state index contributed by atoms with van der Waals surface area (Å²) < 4.78 is 1.58. The summed E-state index contributed by atoms with van der Waals surface area (Å²) in [7, 11) is 1.77. The Balaban J connectivity index is 1.77. The molecule has 0 unspecified atom stereocenters. The molecule has 0 aliphatic carbocycles. The van der Waals surface area contributed by atoms with Crippen molar-refractivity contribution >= 4 is 23.6 Å².